The summed E-state index contributed by atoms with van der Waals surface area (Å²) in [5, 5.41) is 18.2. The van der Waals surface area contributed by atoms with E-state index >= 15 is 0 Å². The third-order valence-corrected chi connectivity index (χ3v) is 6.69. The van der Waals surface area contributed by atoms with E-state index in [0.717, 1.165) is 24.6 Å². The minimum Gasteiger partial charge on any atom is -0.378 e. The summed E-state index contributed by atoms with van der Waals surface area (Å²) in [7, 11) is 1.64. The summed E-state index contributed by atoms with van der Waals surface area (Å²) in [6.07, 6.45) is 3.66. The number of anilines is 3. The van der Waals surface area contributed by atoms with Gasteiger partial charge in [0.05, 0.1) is 30.3 Å². The molecule has 12 heteroatoms. The molecule has 0 aliphatic carbocycles. The van der Waals surface area contributed by atoms with Crippen molar-refractivity contribution in [1.29, 1.82) is 0 Å². The van der Waals surface area contributed by atoms with Crippen LogP contribution in [0.3, 0.4) is 0 Å². The van der Waals surface area contributed by atoms with E-state index in [0.29, 0.717) is 48.5 Å². The molecule has 0 spiro atoms. The van der Waals surface area contributed by atoms with Crippen LogP contribution in [0.25, 0.3) is 22.8 Å². The van der Waals surface area contributed by atoms with Gasteiger partial charge in [0.1, 0.15) is 11.5 Å². The Balaban J connectivity index is 1.22. The Hall–Kier alpha value is -4.42. The highest BCUT2D eigenvalue weighted by Crippen LogP contribution is 2.34. The van der Waals surface area contributed by atoms with Crippen LogP contribution < -0.4 is 10.2 Å². The number of pyridine rings is 2. The standard InChI is InChI=1S/C26H26N8O4/c1-33-10-7-26(36,24(33)35)22-16-21(32-38-22)19-4-2-3-18(30-19)20-6-9-28-25(31-20)29-17-5-8-27-23(15-17)34-11-13-37-14-12-34/h2-6,8-9,15-16,36H,7,10-14H2,1H3,(H,27,28,29,31). The lowest BCUT2D eigenvalue weighted by molar-refractivity contribution is -0.144. The van der Waals surface area contributed by atoms with E-state index in [1.54, 1.807) is 37.6 Å². The Morgan fingerprint density at radius 1 is 0.947 bits per heavy atom. The van der Waals surface area contributed by atoms with E-state index < -0.39 is 11.5 Å². The van der Waals surface area contributed by atoms with E-state index in [-0.39, 0.29) is 12.2 Å². The summed E-state index contributed by atoms with van der Waals surface area (Å²) >= 11 is 0. The van der Waals surface area contributed by atoms with Crippen LogP contribution in [0.5, 0.6) is 0 Å². The highest BCUT2D eigenvalue weighted by atomic mass is 16.5. The van der Waals surface area contributed by atoms with E-state index in [2.05, 4.69) is 35.3 Å². The number of likely N-dealkylation sites (tertiary alicyclic amines) is 1. The van der Waals surface area contributed by atoms with Crippen LogP contribution in [0.4, 0.5) is 17.5 Å². The zero-order chi connectivity index (χ0) is 26.1. The fraction of sp³-hybridized carbons (Fsp3) is 0.308. The average molecular weight is 515 g/mol. The first-order chi connectivity index (χ1) is 18.5. The first-order valence-electron chi connectivity index (χ1n) is 12.3. The van der Waals surface area contributed by atoms with E-state index in [1.807, 2.05) is 24.3 Å². The number of nitrogens with zero attached hydrogens (tertiary/aromatic N) is 7. The molecule has 2 aliphatic rings. The minimum absolute atomic E-state index is 0.108. The highest BCUT2D eigenvalue weighted by molar-refractivity contribution is 5.87. The summed E-state index contributed by atoms with van der Waals surface area (Å²) in [4.78, 5) is 34.2. The first kappa shape index (κ1) is 23.9. The van der Waals surface area contributed by atoms with Crippen LogP contribution in [-0.4, -0.2) is 80.9 Å². The van der Waals surface area contributed by atoms with Crippen LogP contribution in [0.15, 0.2) is 59.4 Å². The van der Waals surface area contributed by atoms with E-state index in [1.165, 1.54) is 4.90 Å². The van der Waals surface area contributed by atoms with Gasteiger partial charge in [-0.2, -0.15) is 0 Å². The van der Waals surface area contributed by atoms with Crippen LogP contribution in [0, 0.1) is 0 Å². The Bertz CT molecular complexity index is 1470. The molecule has 1 unspecified atom stereocenters. The molecule has 4 aromatic rings. The molecule has 2 saturated heterocycles. The van der Waals surface area contributed by atoms with Crippen LogP contribution in [0.2, 0.25) is 0 Å². The number of nitrogens with one attached hydrogen (secondary N) is 1. The lowest BCUT2D eigenvalue weighted by Crippen LogP contribution is -2.36. The largest absolute Gasteiger partial charge is 0.378 e. The van der Waals surface area contributed by atoms with Gasteiger partial charge in [0.2, 0.25) is 11.5 Å². The number of aliphatic hydroxyl groups is 1. The summed E-state index contributed by atoms with van der Waals surface area (Å²) in [5.41, 5.74) is 1.27. The zero-order valence-corrected chi connectivity index (χ0v) is 20.7. The molecule has 1 atom stereocenters. The molecule has 194 valence electrons. The van der Waals surface area contributed by atoms with Crippen molar-refractivity contribution in [2.45, 2.75) is 12.0 Å². The summed E-state index contributed by atoms with van der Waals surface area (Å²) in [6.45, 7) is 3.40. The Kier molecular flexibility index (Phi) is 6.18. The van der Waals surface area contributed by atoms with Crippen molar-refractivity contribution in [3.8, 4) is 22.8 Å². The fourth-order valence-corrected chi connectivity index (χ4v) is 4.55. The lowest BCUT2D eigenvalue weighted by Gasteiger charge is -2.28. The van der Waals surface area contributed by atoms with Crippen molar-refractivity contribution in [1.82, 2.24) is 30.0 Å². The molecule has 6 rings (SSSR count). The van der Waals surface area contributed by atoms with E-state index in [4.69, 9.17) is 9.26 Å². The molecular formula is C26H26N8O4. The van der Waals surface area contributed by atoms with Crippen molar-refractivity contribution >= 4 is 23.4 Å². The molecule has 2 aliphatic heterocycles. The van der Waals surface area contributed by atoms with Crippen LogP contribution in [-0.2, 0) is 15.1 Å². The zero-order valence-electron chi connectivity index (χ0n) is 20.7. The van der Waals surface area contributed by atoms with Gasteiger partial charge in [0, 0.05) is 63.3 Å². The third kappa shape index (κ3) is 4.55. The average Bonchev–Trinajstić information content (AvgIpc) is 3.56. The van der Waals surface area contributed by atoms with Gasteiger partial charge in [-0.3, -0.25) is 4.79 Å². The highest BCUT2D eigenvalue weighted by Gasteiger charge is 2.48. The SMILES string of the molecule is CN1CCC(O)(c2cc(-c3cccc(-c4ccnc(Nc5ccnc(N6CCOCC6)c5)n4)n3)no2)C1=O. The van der Waals surface area contributed by atoms with Crippen molar-refractivity contribution < 1.29 is 19.2 Å². The summed E-state index contributed by atoms with van der Waals surface area (Å²) in [6, 6.07) is 12.6. The lowest BCUT2D eigenvalue weighted by atomic mass is 9.98. The van der Waals surface area contributed by atoms with Gasteiger partial charge in [0.15, 0.2) is 5.76 Å². The predicted molar refractivity (Wildman–Crippen MR) is 137 cm³/mol. The molecule has 12 nitrogen and oxygen atoms in total. The van der Waals surface area contributed by atoms with E-state index in [9.17, 15) is 9.90 Å². The normalized spacial score (nSPS) is 19.7. The van der Waals surface area contributed by atoms with Gasteiger partial charge in [-0.25, -0.2) is 19.9 Å². The molecule has 0 bridgehead atoms. The van der Waals surface area contributed by atoms with Gasteiger partial charge in [-0.1, -0.05) is 11.2 Å². The number of carbonyl (C=O) groups excluding carboxylic acids is 1. The summed E-state index contributed by atoms with van der Waals surface area (Å²) in [5.74, 6) is 0.987. The van der Waals surface area contributed by atoms with Crippen molar-refractivity contribution in [2.75, 3.05) is 50.1 Å². The molecule has 6 heterocycles. The summed E-state index contributed by atoms with van der Waals surface area (Å²) < 4.78 is 10.8. The molecule has 0 radical (unpaired) electrons. The van der Waals surface area contributed by atoms with Crippen LogP contribution in [0.1, 0.15) is 12.2 Å². The topological polar surface area (TPSA) is 143 Å². The first-order valence-corrected chi connectivity index (χ1v) is 12.3. The fourth-order valence-electron chi connectivity index (χ4n) is 4.55. The third-order valence-electron chi connectivity index (χ3n) is 6.69. The Morgan fingerprint density at radius 2 is 1.71 bits per heavy atom. The molecule has 0 aromatic carbocycles. The molecule has 1 amide bonds. The van der Waals surface area contributed by atoms with Gasteiger partial charge in [0.25, 0.3) is 5.91 Å². The maximum absolute atomic E-state index is 12.4. The molecule has 0 saturated carbocycles. The molecule has 38 heavy (non-hydrogen) atoms. The Labute approximate surface area is 218 Å². The number of likely N-dealkylation sites (N-methyl/N-ethyl adjacent to an activating group) is 1. The van der Waals surface area contributed by atoms with Crippen molar-refractivity contribution in [2.24, 2.45) is 0 Å². The number of hydrogen-bond donors (Lipinski definition) is 2. The number of morpholine rings is 1. The van der Waals surface area contributed by atoms with Gasteiger partial charge < -0.3 is 29.5 Å². The molecule has 4 aromatic heterocycles. The van der Waals surface area contributed by atoms with Crippen LogP contribution >= 0.6 is 0 Å². The second-order valence-corrected chi connectivity index (χ2v) is 9.21. The quantitative estimate of drug-likeness (QED) is 0.391. The number of amides is 1. The second kappa shape index (κ2) is 9.80. The second-order valence-electron chi connectivity index (χ2n) is 9.21. The minimum atomic E-state index is -1.71. The molecule has 2 fully saturated rings. The number of ether oxygens (including phenoxy) is 1. The number of rotatable bonds is 6. The van der Waals surface area contributed by atoms with Gasteiger partial charge in [-0.05, 0) is 24.3 Å². The predicted octanol–water partition coefficient (Wildman–Crippen LogP) is 2.22. The number of carbonyl (C=O) groups is 1. The maximum Gasteiger partial charge on any atom is 0.262 e. The number of aromatic nitrogens is 5. The van der Waals surface area contributed by atoms with Crippen molar-refractivity contribution in [3.05, 3.63) is 60.6 Å². The molecule has 2 N–H and O–H groups in total. The number of hydrogen-bond acceptors (Lipinski definition) is 11. The maximum atomic E-state index is 12.4. The van der Waals surface area contributed by atoms with Crippen molar-refractivity contribution in [3.63, 3.8) is 0 Å². The monoisotopic (exact) mass is 514 g/mol. The Morgan fingerprint density at radius 3 is 2.50 bits per heavy atom. The van der Waals surface area contributed by atoms with Gasteiger partial charge in [-0.15, -0.1) is 0 Å². The smallest absolute Gasteiger partial charge is 0.262 e. The molecular weight excluding hydrogens is 488 g/mol. The van der Waals surface area contributed by atoms with Gasteiger partial charge >= 0.3 is 0 Å².